The zero-order chi connectivity index (χ0) is 12.3. The van der Waals surface area contributed by atoms with Crippen LogP contribution in [0.1, 0.15) is 0 Å². The van der Waals surface area contributed by atoms with Crippen LogP contribution in [0.3, 0.4) is 0 Å². The predicted octanol–water partition coefficient (Wildman–Crippen LogP) is 2.97. The van der Waals surface area contributed by atoms with Gasteiger partial charge in [0.15, 0.2) is 5.58 Å². The standard InChI is InChI=1S/C11H13ClN2O2S.ClH/c1-17-6-8(13)5-15-11-9-4-7(12)2-3-10(9)16-14-11;/h2-4,8H,5-6,13H2,1H3;1H/t8-;/m1./s1. The number of hydrogen-bond acceptors (Lipinski definition) is 5. The summed E-state index contributed by atoms with van der Waals surface area (Å²) in [4.78, 5) is 0. The normalized spacial score (nSPS) is 12.2. The molecule has 1 aromatic carbocycles. The van der Waals surface area contributed by atoms with Crippen molar-refractivity contribution < 1.29 is 9.26 Å². The molecule has 2 aromatic rings. The van der Waals surface area contributed by atoms with Gasteiger partial charge in [-0.05, 0) is 29.6 Å². The number of halogens is 2. The van der Waals surface area contributed by atoms with Gasteiger partial charge in [0.2, 0.25) is 0 Å². The lowest BCUT2D eigenvalue weighted by atomic mass is 10.2. The fourth-order valence-corrected chi connectivity index (χ4v) is 2.14. The van der Waals surface area contributed by atoms with Crippen molar-refractivity contribution in [3.63, 3.8) is 0 Å². The van der Waals surface area contributed by atoms with E-state index in [0.29, 0.717) is 23.1 Å². The second-order valence-electron chi connectivity index (χ2n) is 3.65. The molecule has 4 nitrogen and oxygen atoms in total. The maximum Gasteiger partial charge on any atom is 0.262 e. The van der Waals surface area contributed by atoms with Crippen LogP contribution in [-0.4, -0.2) is 29.8 Å². The van der Waals surface area contributed by atoms with E-state index in [-0.39, 0.29) is 18.4 Å². The Labute approximate surface area is 121 Å². The van der Waals surface area contributed by atoms with E-state index in [1.54, 1.807) is 30.0 Å². The summed E-state index contributed by atoms with van der Waals surface area (Å²) in [5.41, 5.74) is 6.50. The van der Waals surface area contributed by atoms with Gasteiger partial charge in [-0.3, -0.25) is 0 Å². The van der Waals surface area contributed by atoms with Gasteiger partial charge >= 0.3 is 0 Å². The average molecular weight is 309 g/mol. The van der Waals surface area contributed by atoms with Gasteiger partial charge in [0.05, 0.1) is 5.39 Å². The van der Waals surface area contributed by atoms with Crippen LogP contribution in [0.4, 0.5) is 0 Å². The molecule has 0 fully saturated rings. The van der Waals surface area contributed by atoms with E-state index in [4.69, 9.17) is 26.6 Å². The lowest BCUT2D eigenvalue weighted by Gasteiger charge is -2.09. The van der Waals surface area contributed by atoms with Crippen LogP contribution in [0.15, 0.2) is 22.7 Å². The second-order valence-corrected chi connectivity index (χ2v) is 5.00. The Morgan fingerprint density at radius 1 is 1.56 bits per heavy atom. The minimum atomic E-state index is -0.0177. The van der Waals surface area contributed by atoms with Crippen molar-refractivity contribution in [2.24, 2.45) is 5.73 Å². The number of nitrogens with two attached hydrogens (primary N) is 1. The lowest BCUT2D eigenvalue weighted by Crippen LogP contribution is -2.30. The van der Waals surface area contributed by atoms with Crippen molar-refractivity contribution in [2.45, 2.75) is 6.04 Å². The van der Waals surface area contributed by atoms with Crippen LogP contribution in [0, 0.1) is 0 Å². The van der Waals surface area contributed by atoms with E-state index in [1.165, 1.54) is 0 Å². The molecular formula is C11H14Cl2N2O2S. The highest BCUT2D eigenvalue weighted by molar-refractivity contribution is 7.98. The molecule has 2 rings (SSSR count). The number of fused-ring (bicyclic) bond motifs is 1. The number of aromatic nitrogens is 1. The molecule has 0 bridgehead atoms. The third-order valence-corrected chi connectivity index (χ3v) is 3.21. The topological polar surface area (TPSA) is 61.3 Å². The Morgan fingerprint density at radius 2 is 2.33 bits per heavy atom. The minimum absolute atomic E-state index is 0. The Hall–Kier alpha value is -0.620. The molecule has 7 heteroatoms. The van der Waals surface area contributed by atoms with Crippen molar-refractivity contribution >= 4 is 46.7 Å². The number of benzene rings is 1. The number of nitrogens with zero attached hydrogens (tertiary/aromatic N) is 1. The molecule has 0 unspecified atom stereocenters. The summed E-state index contributed by atoms with van der Waals surface area (Å²) in [6, 6.07) is 5.26. The van der Waals surface area contributed by atoms with Gasteiger partial charge in [-0.15, -0.1) is 12.4 Å². The highest BCUT2D eigenvalue weighted by Crippen LogP contribution is 2.27. The molecule has 0 radical (unpaired) electrons. The van der Waals surface area contributed by atoms with Crippen molar-refractivity contribution in [1.82, 2.24) is 5.16 Å². The molecule has 1 heterocycles. The Morgan fingerprint density at radius 3 is 3.06 bits per heavy atom. The van der Waals surface area contributed by atoms with Crippen molar-refractivity contribution in [1.29, 1.82) is 0 Å². The Bertz CT molecular complexity index is 507. The fraction of sp³-hybridized carbons (Fsp3) is 0.364. The maximum atomic E-state index is 5.91. The van der Waals surface area contributed by atoms with E-state index < -0.39 is 0 Å². The first-order valence-electron chi connectivity index (χ1n) is 5.13. The van der Waals surface area contributed by atoms with Gasteiger partial charge in [0.25, 0.3) is 5.88 Å². The molecule has 18 heavy (non-hydrogen) atoms. The molecule has 0 saturated carbocycles. The highest BCUT2D eigenvalue weighted by Gasteiger charge is 2.11. The van der Waals surface area contributed by atoms with Crippen LogP contribution in [0.25, 0.3) is 11.0 Å². The molecule has 2 N–H and O–H groups in total. The summed E-state index contributed by atoms with van der Waals surface area (Å²) in [6.07, 6.45) is 2.01. The first-order valence-corrected chi connectivity index (χ1v) is 6.90. The van der Waals surface area contributed by atoms with Gasteiger partial charge in [0, 0.05) is 16.8 Å². The zero-order valence-electron chi connectivity index (χ0n) is 9.76. The van der Waals surface area contributed by atoms with Crippen molar-refractivity contribution in [3.8, 4) is 5.88 Å². The van der Waals surface area contributed by atoms with Gasteiger partial charge < -0.3 is 15.0 Å². The second kappa shape index (κ2) is 7.09. The molecule has 0 aliphatic carbocycles. The van der Waals surface area contributed by atoms with Gasteiger partial charge in [0.1, 0.15) is 6.61 Å². The quantitative estimate of drug-likeness (QED) is 0.920. The highest BCUT2D eigenvalue weighted by atomic mass is 35.5. The SMILES string of the molecule is CSC[C@H](N)COc1noc2ccc(Cl)cc12.Cl. The number of ether oxygens (including phenoxy) is 1. The van der Waals surface area contributed by atoms with Gasteiger partial charge in [-0.1, -0.05) is 11.6 Å². The van der Waals surface area contributed by atoms with Crippen molar-refractivity contribution in [3.05, 3.63) is 23.2 Å². The van der Waals surface area contributed by atoms with E-state index in [0.717, 1.165) is 11.1 Å². The molecule has 0 aliphatic rings. The number of rotatable bonds is 5. The summed E-state index contributed by atoms with van der Waals surface area (Å²) in [6.45, 7) is 0.412. The predicted molar refractivity (Wildman–Crippen MR) is 78.1 cm³/mol. The molecule has 0 amide bonds. The zero-order valence-corrected chi connectivity index (χ0v) is 12.1. The molecule has 0 aliphatic heterocycles. The first kappa shape index (κ1) is 15.4. The van der Waals surface area contributed by atoms with Gasteiger partial charge in [-0.25, -0.2) is 0 Å². The van der Waals surface area contributed by atoms with Gasteiger partial charge in [-0.2, -0.15) is 11.8 Å². The molecular weight excluding hydrogens is 295 g/mol. The smallest absolute Gasteiger partial charge is 0.262 e. The first-order chi connectivity index (χ1) is 8.20. The summed E-state index contributed by atoms with van der Waals surface area (Å²) < 4.78 is 10.6. The van der Waals surface area contributed by atoms with E-state index in [2.05, 4.69) is 5.16 Å². The molecule has 1 atom stereocenters. The summed E-state index contributed by atoms with van der Waals surface area (Å²) >= 11 is 7.59. The summed E-state index contributed by atoms with van der Waals surface area (Å²) in [5.74, 6) is 1.29. The van der Waals surface area contributed by atoms with E-state index >= 15 is 0 Å². The molecule has 0 spiro atoms. The minimum Gasteiger partial charge on any atom is -0.473 e. The molecule has 1 aromatic heterocycles. The van der Waals surface area contributed by atoms with Crippen LogP contribution in [0.2, 0.25) is 5.02 Å². The third kappa shape index (κ3) is 3.68. The van der Waals surface area contributed by atoms with Crippen LogP contribution in [-0.2, 0) is 0 Å². The Kier molecular flexibility index (Phi) is 6.08. The largest absolute Gasteiger partial charge is 0.473 e. The molecule has 0 saturated heterocycles. The lowest BCUT2D eigenvalue weighted by molar-refractivity contribution is 0.270. The summed E-state index contributed by atoms with van der Waals surface area (Å²) in [5, 5.41) is 5.25. The average Bonchev–Trinajstić information content (AvgIpc) is 2.69. The van der Waals surface area contributed by atoms with E-state index in [9.17, 15) is 0 Å². The number of thioether (sulfide) groups is 1. The Balaban J connectivity index is 0.00000162. The third-order valence-electron chi connectivity index (χ3n) is 2.21. The monoisotopic (exact) mass is 308 g/mol. The summed E-state index contributed by atoms with van der Waals surface area (Å²) in [7, 11) is 0. The maximum absolute atomic E-state index is 5.91. The van der Waals surface area contributed by atoms with Crippen LogP contribution in [0.5, 0.6) is 5.88 Å². The van der Waals surface area contributed by atoms with Crippen molar-refractivity contribution in [2.75, 3.05) is 18.6 Å². The van der Waals surface area contributed by atoms with Crippen LogP contribution < -0.4 is 10.5 Å². The van der Waals surface area contributed by atoms with Crippen LogP contribution >= 0.6 is 35.8 Å². The fourth-order valence-electron chi connectivity index (χ4n) is 1.44. The number of hydrogen-bond donors (Lipinski definition) is 1. The van der Waals surface area contributed by atoms with E-state index in [1.807, 2.05) is 6.26 Å². The molecule has 100 valence electrons.